The quantitative estimate of drug-likeness (QED) is 0.321. The lowest BCUT2D eigenvalue weighted by molar-refractivity contribution is 0.143. The van der Waals surface area contributed by atoms with Crippen LogP contribution < -0.4 is 20.1 Å². The lowest BCUT2D eigenvalue weighted by Gasteiger charge is -2.19. The average molecular weight is 392 g/mol. The summed E-state index contributed by atoms with van der Waals surface area (Å²) in [6, 6.07) is 6.03. The van der Waals surface area contributed by atoms with Crippen LogP contribution in [-0.2, 0) is 11.3 Å². The summed E-state index contributed by atoms with van der Waals surface area (Å²) in [6.45, 7) is 7.95. The zero-order valence-electron chi connectivity index (χ0n) is 17.8. The number of aliphatic imine (C=N–C) groups is 1. The highest BCUT2D eigenvalue weighted by atomic mass is 16.5. The van der Waals surface area contributed by atoms with Crippen LogP contribution in [0.5, 0.6) is 11.5 Å². The van der Waals surface area contributed by atoms with Crippen LogP contribution in [0.4, 0.5) is 0 Å². The number of ether oxygens (including phenoxy) is 3. The Hall–Kier alpha value is -1.95. The van der Waals surface area contributed by atoms with Gasteiger partial charge in [0.1, 0.15) is 0 Å². The molecule has 1 aromatic carbocycles. The third-order valence-corrected chi connectivity index (χ3v) is 4.83. The molecule has 0 atom stereocenters. The lowest BCUT2D eigenvalue weighted by atomic mass is 10.1. The van der Waals surface area contributed by atoms with Crippen molar-refractivity contribution < 1.29 is 14.2 Å². The maximum absolute atomic E-state index is 6.31. The van der Waals surface area contributed by atoms with Gasteiger partial charge in [-0.05, 0) is 58.4 Å². The highest BCUT2D eigenvalue weighted by Gasteiger charge is 2.20. The van der Waals surface area contributed by atoms with E-state index in [2.05, 4.69) is 23.6 Å². The molecule has 2 N–H and O–H groups in total. The monoisotopic (exact) mass is 391 g/mol. The summed E-state index contributed by atoms with van der Waals surface area (Å²) in [5.41, 5.74) is 1.06. The Labute approximate surface area is 170 Å². The first kappa shape index (κ1) is 22.3. The molecule has 0 unspecified atom stereocenters. The largest absolute Gasteiger partial charge is 0.493 e. The van der Waals surface area contributed by atoms with Gasteiger partial charge in [0.2, 0.25) is 0 Å². The van der Waals surface area contributed by atoms with Gasteiger partial charge in [-0.15, -0.1) is 0 Å². The van der Waals surface area contributed by atoms with E-state index in [-0.39, 0.29) is 6.10 Å². The molecule has 0 spiro atoms. The SMILES string of the molecule is CCNC(=NCc1cccc(OC)c1OC1CCCC1)NCCCCOCC. The molecule has 2 rings (SSSR count). The second kappa shape index (κ2) is 13.3. The summed E-state index contributed by atoms with van der Waals surface area (Å²) in [5.74, 6) is 2.45. The van der Waals surface area contributed by atoms with Gasteiger partial charge < -0.3 is 24.8 Å². The standard InChI is InChI=1S/C22H37N3O3/c1-4-23-22(24-15-8-9-16-27-5-2)25-17-18-11-10-14-20(26-3)21(18)28-19-12-6-7-13-19/h10-11,14,19H,4-9,12-13,15-17H2,1-3H3,(H2,23,24,25). The highest BCUT2D eigenvalue weighted by molar-refractivity contribution is 5.79. The number of hydrogen-bond donors (Lipinski definition) is 2. The lowest BCUT2D eigenvalue weighted by Crippen LogP contribution is -2.37. The minimum absolute atomic E-state index is 0.288. The first-order valence-electron chi connectivity index (χ1n) is 10.7. The number of nitrogens with zero attached hydrogens (tertiary/aromatic N) is 1. The minimum Gasteiger partial charge on any atom is -0.493 e. The maximum Gasteiger partial charge on any atom is 0.191 e. The van der Waals surface area contributed by atoms with E-state index in [4.69, 9.17) is 19.2 Å². The topological polar surface area (TPSA) is 64.1 Å². The van der Waals surface area contributed by atoms with Gasteiger partial charge >= 0.3 is 0 Å². The summed E-state index contributed by atoms with van der Waals surface area (Å²) in [7, 11) is 1.69. The molecule has 0 radical (unpaired) electrons. The number of unbranched alkanes of at least 4 members (excludes halogenated alkanes) is 1. The molecule has 6 heteroatoms. The molecule has 1 aliphatic rings. The van der Waals surface area contributed by atoms with Crippen molar-refractivity contribution in [1.29, 1.82) is 0 Å². The molecule has 1 saturated carbocycles. The van der Waals surface area contributed by atoms with Gasteiger partial charge in [-0.1, -0.05) is 12.1 Å². The fourth-order valence-electron chi connectivity index (χ4n) is 3.34. The van der Waals surface area contributed by atoms with Crippen LogP contribution >= 0.6 is 0 Å². The van der Waals surface area contributed by atoms with E-state index in [1.807, 2.05) is 19.1 Å². The van der Waals surface area contributed by atoms with Crippen molar-refractivity contribution in [2.24, 2.45) is 4.99 Å². The predicted octanol–water partition coefficient (Wildman–Crippen LogP) is 3.89. The Bertz CT molecular complexity index is 586. The first-order valence-corrected chi connectivity index (χ1v) is 10.7. The molecule has 0 amide bonds. The zero-order chi connectivity index (χ0) is 20.0. The smallest absolute Gasteiger partial charge is 0.191 e. The van der Waals surface area contributed by atoms with E-state index in [0.29, 0.717) is 6.54 Å². The van der Waals surface area contributed by atoms with E-state index in [0.717, 1.165) is 75.0 Å². The van der Waals surface area contributed by atoms with Crippen molar-refractivity contribution in [3.63, 3.8) is 0 Å². The molecule has 6 nitrogen and oxygen atoms in total. The normalized spacial score (nSPS) is 14.9. The second-order valence-electron chi connectivity index (χ2n) is 7.00. The summed E-state index contributed by atoms with van der Waals surface area (Å²) in [4.78, 5) is 4.76. The van der Waals surface area contributed by atoms with Crippen LogP contribution in [0.3, 0.4) is 0 Å². The van der Waals surface area contributed by atoms with Crippen molar-refractivity contribution in [2.75, 3.05) is 33.4 Å². The molecule has 0 heterocycles. The Kier molecular flexibility index (Phi) is 10.6. The second-order valence-corrected chi connectivity index (χ2v) is 7.00. The molecule has 0 aliphatic heterocycles. The van der Waals surface area contributed by atoms with Crippen LogP contribution in [0, 0.1) is 0 Å². The number of rotatable bonds is 12. The molecule has 1 fully saturated rings. The molecule has 0 saturated heterocycles. The Balaban J connectivity index is 1.97. The Morgan fingerprint density at radius 3 is 2.68 bits per heavy atom. The molecule has 1 aromatic rings. The van der Waals surface area contributed by atoms with E-state index in [1.54, 1.807) is 7.11 Å². The van der Waals surface area contributed by atoms with Crippen LogP contribution in [0.25, 0.3) is 0 Å². The van der Waals surface area contributed by atoms with Crippen LogP contribution in [-0.4, -0.2) is 45.5 Å². The fourth-order valence-corrected chi connectivity index (χ4v) is 3.34. The molecule has 0 aromatic heterocycles. The molecular formula is C22H37N3O3. The Morgan fingerprint density at radius 2 is 1.96 bits per heavy atom. The van der Waals surface area contributed by atoms with Crippen molar-refractivity contribution >= 4 is 5.96 Å². The number of methoxy groups -OCH3 is 1. The maximum atomic E-state index is 6.31. The molecule has 158 valence electrons. The van der Waals surface area contributed by atoms with Gasteiger partial charge in [-0.2, -0.15) is 0 Å². The summed E-state index contributed by atoms with van der Waals surface area (Å²) in [6.07, 6.45) is 7.11. The molecular weight excluding hydrogens is 354 g/mol. The third kappa shape index (κ3) is 7.58. The highest BCUT2D eigenvalue weighted by Crippen LogP contribution is 2.35. The number of hydrogen-bond acceptors (Lipinski definition) is 4. The van der Waals surface area contributed by atoms with Gasteiger partial charge in [0.15, 0.2) is 17.5 Å². The van der Waals surface area contributed by atoms with Crippen molar-refractivity contribution in [1.82, 2.24) is 10.6 Å². The van der Waals surface area contributed by atoms with Crippen molar-refractivity contribution in [2.45, 2.75) is 65.0 Å². The van der Waals surface area contributed by atoms with E-state index >= 15 is 0 Å². The first-order chi connectivity index (χ1) is 13.8. The number of nitrogens with one attached hydrogen (secondary N) is 2. The van der Waals surface area contributed by atoms with Gasteiger partial charge in [-0.3, -0.25) is 0 Å². The number of guanidine groups is 1. The van der Waals surface area contributed by atoms with Gasteiger partial charge in [0, 0.05) is 31.9 Å². The third-order valence-electron chi connectivity index (χ3n) is 4.83. The summed E-state index contributed by atoms with van der Waals surface area (Å²) in [5, 5.41) is 6.71. The van der Waals surface area contributed by atoms with Gasteiger partial charge in [-0.25, -0.2) is 4.99 Å². The minimum atomic E-state index is 0.288. The molecule has 1 aliphatic carbocycles. The molecule has 28 heavy (non-hydrogen) atoms. The van der Waals surface area contributed by atoms with Crippen LogP contribution in [0.2, 0.25) is 0 Å². The van der Waals surface area contributed by atoms with E-state index in [9.17, 15) is 0 Å². The number of benzene rings is 1. The van der Waals surface area contributed by atoms with Crippen LogP contribution in [0.15, 0.2) is 23.2 Å². The summed E-state index contributed by atoms with van der Waals surface area (Å²) < 4.78 is 17.2. The van der Waals surface area contributed by atoms with E-state index < -0.39 is 0 Å². The van der Waals surface area contributed by atoms with Crippen molar-refractivity contribution in [3.05, 3.63) is 23.8 Å². The Morgan fingerprint density at radius 1 is 1.14 bits per heavy atom. The summed E-state index contributed by atoms with van der Waals surface area (Å²) >= 11 is 0. The van der Waals surface area contributed by atoms with Gasteiger partial charge in [0.05, 0.1) is 19.8 Å². The molecule has 0 bridgehead atoms. The number of para-hydroxylation sites is 1. The fraction of sp³-hybridized carbons (Fsp3) is 0.682. The van der Waals surface area contributed by atoms with Crippen molar-refractivity contribution in [3.8, 4) is 11.5 Å². The zero-order valence-corrected chi connectivity index (χ0v) is 17.8. The average Bonchev–Trinajstić information content (AvgIpc) is 3.22. The van der Waals surface area contributed by atoms with Gasteiger partial charge in [0.25, 0.3) is 0 Å². The van der Waals surface area contributed by atoms with E-state index in [1.165, 1.54) is 12.8 Å². The van der Waals surface area contributed by atoms with Crippen LogP contribution in [0.1, 0.15) is 57.9 Å². The predicted molar refractivity (Wildman–Crippen MR) is 114 cm³/mol.